The highest BCUT2D eigenvalue weighted by molar-refractivity contribution is 7.17. The molecule has 0 spiro atoms. The van der Waals surface area contributed by atoms with Crippen molar-refractivity contribution < 1.29 is 9.59 Å². The Kier molecular flexibility index (Phi) is 5.78. The van der Waals surface area contributed by atoms with E-state index in [0.717, 1.165) is 21.7 Å². The number of carbonyl (C=O) groups is 2. The zero-order chi connectivity index (χ0) is 19.2. The second-order valence-electron chi connectivity index (χ2n) is 5.94. The van der Waals surface area contributed by atoms with Gasteiger partial charge in [0.05, 0.1) is 5.69 Å². The van der Waals surface area contributed by atoms with Crippen LogP contribution in [0.3, 0.4) is 0 Å². The van der Waals surface area contributed by atoms with Gasteiger partial charge in [0.1, 0.15) is 9.88 Å². The Hall–Kier alpha value is -3.25. The second kappa shape index (κ2) is 8.42. The van der Waals surface area contributed by atoms with Gasteiger partial charge in [-0.2, -0.15) is 0 Å². The number of aromatic nitrogens is 1. The molecule has 2 N–H and O–H groups in total. The summed E-state index contributed by atoms with van der Waals surface area (Å²) in [5.41, 5.74) is 8.21. The lowest BCUT2D eigenvalue weighted by Gasteiger charge is -2.05. The molecule has 1 heterocycles. The highest BCUT2D eigenvalue weighted by atomic mass is 32.1. The van der Waals surface area contributed by atoms with Crippen molar-refractivity contribution in [2.45, 2.75) is 13.8 Å². The summed E-state index contributed by atoms with van der Waals surface area (Å²) in [4.78, 5) is 29.4. The smallest absolute Gasteiger partial charge is 0.268 e. The Morgan fingerprint density at radius 2 is 1.59 bits per heavy atom. The van der Waals surface area contributed by atoms with Crippen molar-refractivity contribution in [3.63, 3.8) is 0 Å². The lowest BCUT2D eigenvalue weighted by atomic mass is 10.1. The van der Waals surface area contributed by atoms with Crippen LogP contribution >= 0.6 is 11.3 Å². The summed E-state index contributed by atoms with van der Waals surface area (Å²) in [6, 6.07) is 19.2. The van der Waals surface area contributed by atoms with Crippen molar-refractivity contribution in [1.82, 2.24) is 15.8 Å². The van der Waals surface area contributed by atoms with E-state index in [-0.39, 0.29) is 5.91 Å². The SMILES string of the molecule is CC(=CC(=O)NNC(=O)c1sc(-c2ccccc2)nc1C)c1ccccc1. The molecule has 0 radical (unpaired) electrons. The zero-order valence-electron chi connectivity index (χ0n) is 15.0. The second-order valence-corrected chi connectivity index (χ2v) is 6.94. The molecule has 136 valence electrons. The maximum absolute atomic E-state index is 12.4. The molecule has 3 rings (SSSR count). The highest BCUT2D eigenvalue weighted by Crippen LogP contribution is 2.27. The molecule has 6 heteroatoms. The molecule has 0 unspecified atom stereocenters. The molecule has 0 saturated heterocycles. The number of nitrogens with zero attached hydrogens (tertiary/aromatic N) is 1. The summed E-state index contributed by atoms with van der Waals surface area (Å²) in [5.74, 6) is -0.776. The standard InChI is InChI=1S/C21H19N3O2S/c1-14(16-9-5-3-6-10-16)13-18(25)23-24-20(26)19-15(2)22-21(27-19)17-11-7-4-8-12-17/h3-13H,1-2H3,(H,23,25)(H,24,26). The van der Waals surface area contributed by atoms with Crippen LogP contribution in [-0.4, -0.2) is 16.8 Å². The monoisotopic (exact) mass is 377 g/mol. The van der Waals surface area contributed by atoms with E-state index in [9.17, 15) is 9.59 Å². The number of allylic oxidation sites excluding steroid dienone is 1. The zero-order valence-corrected chi connectivity index (χ0v) is 15.8. The number of aryl methyl sites for hydroxylation is 1. The Morgan fingerprint density at radius 3 is 2.26 bits per heavy atom. The summed E-state index contributed by atoms with van der Waals surface area (Å²) < 4.78 is 0. The first-order valence-corrected chi connectivity index (χ1v) is 9.23. The lowest BCUT2D eigenvalue weighted by molar-refractivity contribution is -0.117. The number of hydrazine groups is 1. The Labute approximate surface area is 161 Å². The van der Waals surface area contributed by atoms with Gasteiger partial charge in [0.2, 0.25) is 0 Å². The minimum Gasteiger partial charge on any atom is -0.268 e. The highest BCUT2D eigenvalue weighted by Gasteiger charge is 2.16. The molecule has 27 heavy (non-hydrogen) atoms. The van der Waals surface area contributed by atoms with Crippen molar-refractivity contribution in [3.8, 4) is 10.6 Å². The number of hydrogen-bond donors (Lipinski definition) is 2. The summed E-state index contributed by atoms with van der Waals surface area (Å²) in [6.45, 7) is 3.62. The minimum absolute atomic E-state index is 0.383. The van der Waals surface area contributed by atoms with Gasteiger partial charge in [-0.3, -0.25) is 20.4 Å². The fourth-order valence-electron chi connectivity index (χ4n) is 2.50. The van der Waals surface area contributed by atoms with Crippen molar-refractivity contribution in [3.05, 3.63) is 82.9 Å². The summed E-state index contributed by atoms with van der Waals surface area (Å²) >= 11 is 1.29. The van der Waals surface area contributed by atoms with E-state index in [4.69, 9.17) is 0 Å². The van der Waals surface area contributed by atoms with E-state index in [1.165, 1.54) is 17.4 Å². The maximum Gasteiger partial charge on any atom is 0.281 e. The average molecular weight is 377 g/mol. The van der Waals surface area contributed by atoms with Gasteiger partial charge in [0.25, 0.3) is 11.8 Å². The molecule has 1 aromatic heterocycles. The van der Waals surface area contributed by atoms with Gasteiger partial charge in [0.15, 0.2) is 0 Å². The van der Waals surface area contributed by atoms with Crippen LogP contribution in [0.5, 0.6) is 0 Å². The minimum atomic E-state index is -0.393. The molecular formula is C21H19N3O2S. The van der Waals surface area contributed by atoms with Crippen LogP contribution in [0, 0.1) is 6.92 Å². The molecule has 0 aliphatic carbocycles. The molecule has 2 amide bonds. The molecule has 0 aliphatic rings. The number of amides is 2. The normalized spacial score (nSPS) is 11.1. The van der Waals surface area contributed by atoms with Crippen LogP contribution in [0.4, 0.5) is 0 Å². The van der Waals surface area contributed by atoms with Gasteiger partial charge >= 0.3 is 0 Å². The number of nitrogens with one attached hydrogen (secondary N) is 2. The van der Waals surface area contributed by atoms with Crippen LogP contribution in [-0.2, 0) is 4.79 Å². The predicted molar refractivity (Wildman–Crippen MR) is 108 cm³/mol. The summed E-state index contributed by atoms with van der Waals surface area (Å²) in [7, 11) is 0. The van der Waals surface area contributed by atoms with Gasteiger partial charge in [-0.05, 0) is 25.0 Å². The molecule has 3 aromatic rings. The van der Waals surface area contributed by atoms with E-state index in [0.29, 0.717) is 10.6 Å². The Morgan fingerprint density at radius 1 is 0.963 bits per heavy atom. The number of rotatable bonds is 4. The third-order valence-corrected chi connectivity index (χ3v) is 5.10. The van der Waals surface area contributed by atoms with Gasteiger partial charge in [-0.25, -0.2) is 4.98 Å². The molecule has 5 nitrogen and oxygen atoms in total. The Bertz CT molecular complexity index is 979. The summed E-state index contributed by atoms with van der Waals surface area (Å²) in [5, 5.41) is 0.768. The van der Waals surface area contributed by atoms with Crippen LogP contribution in [0.2, 0.25) is 0 Å². The fourth-order valence-corrected chi connectivity index (χ4v) is 3.47. The third-order valence-electron chi connectivity index (χ3n) is 3.90. The third kappa shape index (κ3) is 4.68. The number of hydrogen-bond acceptors (Lipinski definition) is 4. The van der Waals surface area contributed by atoms with E-state index < -0.39 is 5.91 Å². The van der Waals surface area contributed by atoms with E-state index in [2.05, 4.69) is 15.8 Å². The first kappa shape index (κ1) is 18.5. The van der Waals surface area contributed by atoms with Crippen molar-refractivity contribution in [2.24, 2.45) is 0 Å². The van der Waals surface area contributed by atoms with Gasteiger partial charge in [-0.15, -0.1) is 11.3 Å². The predicted octanol–water partition coefficient (Wildman–Crippen LogP) is 3.98. The molecule has 0 aliphatic heterocycles. The van der Waals surface area contributed by atoms with Gasteiger partial charge in [0, 0.05) is 11.6 Å². The molecule has 0 saturated carbocycles. The number of benzene rings is 2. The van der Waals surface area contributed by atoms with Crippen LogP contribution in [0.1, 0.15) is 27.9 Å². The maximum atomic E-state index is 12.4. The van der Waals surface area contributed by atoms with Gasteiger partial charge in [-0.1, -0.05) is 60.7 Å². The van der Waals surface area contributed by atoms with E-state index >= 15 is 0 Å². The largest absolute Gasteiger partial charge is 0.281 e. The van der Waals surface area contributed by atoms with Crippen LogP contribution in [0.25, 0.3) is 16.1 Å². The fraction of sp³-hybridized carbons (Fsp3) is 0.0952. The summed E-state index contributed by atoms with van der Waals surface area (Å²) in [6.07, 6.45) is 1.45. The molecular weight excluding hydrogens is 358 g/mol. The molecule has 0 fully saturated rings. The number of carbonyl (C=O) groups excluding carboxylic acids is 2. The average Bonchev–Trinajstić information content (AvgIpc) is 3.09. The topological polar surface area (TPSA) is 71.1 Å². The number of thiazole rings is 1. The van der Waals surface area contributed by atoms with Crippen molar-refractivity contribution in [2.75, 3.05) is 0 Å². The first-order valence-electron chi connectivity index (χ1n) is 8.41. The van der Waals surface area contributed by atoms with Crippen LogP contribution in [0.15, 0.2) is 66.7 Å². The van der Waals surface area contributed by atoms with Gasteiger partial charge < -0.3 is 0 Å². The van der Waals surface area contributed by atoms with E-state index in [1.54, 1.807) is 6.92 Å². The molecule has 0 bridgehead atoms. The first-order chi connectivity index (χ1) is 13.0. The Balaban J connectivity index is 1.64. The van der Waals surface area contributed by atoms with Crippen molar-refractivity contribution in [1.29, 1.82) is 0 Å². The van der Waals surface area contributed by atoms with E-state index in [1.807, 2.05) is 67.6 Å². The van der Waals surface area contributed by atoms with Crippen molar-refractivity contribution >= 4 is 28.7 Å². The lowest BCUT2D eigenvalue weighted by Crippen LogP contribution is -2.40. The van der Waals surface area contributed by atoms with Crippen LogP contribution < -0.4 is 10.9 Å². The molecule has 2 aromatic carbocycles. The molecule has 0 atom stereocenters. The quantitative estimate of drug-likeness (QED) is 0.534.